The first-order valence-electron chi connectivity index (χ1n) is 9.93. The first-order valence-corrected chi connectivity index (χ1v) is 11.6. The average molecular weight is 428 g/mol. The Morgan fingerprint density at radius 2 is 2.00 bits per heavy atom. The fraction of sp³-hybridized carbons (Fsp3) is 0.381. The zero-order chi connectivity index (χ0) is 21.1. The molecule has 30 heavy (non-hydrogen) atoms. The number of hydrogen-bond acceptors (Lipinski definition) is 8. The van der Waals surface area contributed by atoms with Crippen LogP contribution in [0.1, 0.15) is 24.2 Å². The zero-order valence-electron chi connectivity index (χ0n) is 17.1. The second-order valence-electron chi connectivity index (χ2n) is 7.67. The van der Waals surface area contributed by atoms with Gasteiger partial charge in [0, 0.05) is 31.4 Å². The molecule has 1 fully saturated rings. The van der Waals surface area contributed by atoms with E-state index in [0.717, 1.165) is 29.8 Å². The highest BCUT2D eigenvalue weighted by atomic mass is 32.2. The number of sulfone groups is 1. The topological polar surface area (TPSA) is 101 Å². The van der Waals surface area contributed by atoms with Crippen LogP contribution >= 0.6 is 0 Å². The van der Waals surface area contributed by atoms with Crippen molar-refractivity contribution >= 4 is 15.8 Å². The molecular formula is C21H25N5O3S. The van der Waals surface area contributed by atoms with E-state index in [2.05, 4.69) is 20.4 Å². The van der Waals surface area contributed by atoms with Gasteiger partial charge in [-0.1, -0.05) is 23.4 Å². The highest BCUT2D eigenvalue weighted by Crippen LogP contribution is 2.27. The Bertz CT molecular complexity index is 1110. The molecule has 3 aromatic rings. The Hall–Kier alpha value is -2.78. The Labute approximate surface area is 176 Å². The van der Waals surface area contributed by atoms with Gasteiger partial charge in [-0.25, -0.2) is 18.4 Å². The summed E-state index contributed by atoms with van der Waals surface area (Å²) in [5.74, 6) is 1.21. The Balaban J connectivity index is 1.50. The molecule has 0 bridgehead atoms. The lowest BCUT2D eigenvalue weighted by Crippen LogP contribution is -2.26. The highest BCUT2D eigenvalue weighted by Gasteiger charge is 2.23. The van der Waals surface area contributed by atoms with Crippen LogP contribution in [-0.2, 0) is 16.4 Å². The summed E-state index contributed by atoms with van der Waals surface area (Å²) in [5, 5.41) is 7.27. The smallest absolute Gasteiger partial charge is 0.223 e. The minimum absolute atomic E-state index is 0.0303. The summed E-state index contributed by atoms with van der Waals surface area (Å²) in [4.78, 5) is 11.4. The van der Waals surface area contributed by atoms with Crippen LogP contribution in [-0.4, -0.2) is 53.8 Å². The van der Waals surface area contributed by atoms with Crippen molar-refractivity contribution in [3.05, 3.63) is 54.0 Å². The van der Waals surface area contributed by atoms with Crippen LogP contribution in [0.25, 0.3) is 11.3 Å². The van der Waals surface area contributed by atoms with Crippen LogP contribution in [0.5, 0.6) is 0 Å². The molecule has 4 rings (SSSR count). The van der Waals surface area contributed by atoms with Crippen molar-refractivity contribution < 1.29 is 12.9 Å². The van der Waals surface area contributed by atoms with Gasteiger partial charge in [-0.3, -0.25) is 4.90 Å². The van der Waals surface area contributed by atoms with Crippen LogP contribution in [0, 0.1) is 6.92 Å². The van der Waals surface area contributed by atoms with Gasteiger partial charge in [0.25, 0.3) is 0 Å². The second kappa shape index (κ2) is 8.53. The predicted molar refractivity (Wildman–Crippen MR) is 114 cm³/mol. The molecule has 0 radical (unpaired) electrons. The number of nitrogens with zero attached hydrogens (tertiary/aromatic N) is 4. The van der Waals surface area contributed by atoms with Crippen LogP contribution in [0.15, 0.2) is 52.0 Å². The average Bonchev–Trinajstić information content (AvgIpc) is 3.45. The van der Waals surface area contributed by atoms with Crippen molar-refractivity contribution in [2.75, 3.05) is 24.7 Å². The molecule has 1 aliphatic carbocycles. The number of hydrogen-bond donors (Lipinski definition) is 1. The third-order valence-corrected chi connectivity index (χ3v) is 6.65. The largest absolute Gasteiger partial charge is 0.356 e. The van der Waals surface area contributed by atoms with E-state index in [1.54, 1.807) is 36.5 Å². The molecule has 1 N–H and O–H groups in total. The molecule has 2 aromatic heterocycles. The molecular weight excluding hydrogens is 402 g/mol. The van der Waals surface area contributed by atoms with Gasteiger partial charge >= 0.3 is 0 Å². The molecule has 0 atom stereocenters. The molecule has 158 valence electrons. The maximum Gasteiger partial charge on any atom is 0.223 e. The Morgan fingerprint density at radius 3 is 2.67 bits per heavy atom. The predicted octanol–water partition coefficient (Wildman–Crippen LogP) is 2.92. The SMILES string of the molecule is Cc1cc(-c2cnc(NC3CC3)nc2CN(C)CCS(=O)(=O)c2ccccc2)on1. The highest BCUT2D eigenvalue weighted by molar-refractivity contribution is 7.91. The van der Waals surface area contributed by atoms with Gasteiger partial charge in [0.2, 0.25) is 5.95 Å². The quantitative estimate of drug-likeness (QED) is 0.556. The van der Waals surface area contributed by atoms with Gasteiger partial charge in [-0.15, -0.1) is 0 Å². The molecule has 1 saturated carbocycles. The molecule has 0 aliphatic heterocycles. The number of aromatic nitrogens is 3. The molecule has 8 nitrogen and oxygen atoms in total. The van der Waals surface area contributed by atoms with Gasteiger partial charge in [-0.2, -0.15) is 0 Å². The van der Waals surface area contributed by atoms with Crippen molar-refractivity contribution in [3.63, 3.8) is 0 Å². The molecule has 1 aliphatic rings. The summed E-state index contributed by atoms with van der Waals surface area (Å²) in [6, 6.07) is 10.8. The summed E-state index contributed by atoms with van der Waals surface area (Å²) >= 11 is 0. The summed E-state index contributed by atoms with van der Waals surface area (Å²) in [6.45, 7) is 2.69. The molecule has 2 heterocycles. The molecule has 0 saturated heterocycles. The van der Waals surface area contributed by atoms with Gasteiger partial charge in [-0.05, 0) is 38.9 Å². The number of aryl methyl sites for hydroxylation is 1. The fourth-order valence-electron chi connectivity index (χ4n) is 3.07. The lowest BCUT2D eigenvalue weighted by Gasteiger charge is -2.18. The van der Waals surface area contributed by atoms with Crippen molar-refractivity contribution in [1.82, 2.24) is 20.0 Å². The van der Waals surface area contributed by atoms with Gasteiger partial charge in [0.05, 0.1) is 27.6 Å². The van der Waals surface area contributed by atoms with Crippen LogP contribution in [0.4, 0.5) is 5.95 Å². The van der Waals surface area contributed by atoms with Gasteiger partial charge in [0.15, 0.2) is 15.6 Å². The van der Waals surface area contributed by atoms with Crippen molar-refractivity contribution in [2.24, 2.45) is 0 Å². The minimum Gasteiger partial charge on any atom is -0.356 e. The van der Waals surface area contributed by atoms with Crippen LogP contribution in [0.3, 0.4) is 0 Å². The molecule has 9 heteroatoms. The number of anilines is 1. The van der Waals surface area contributed by atoms with E-state index in [1.807, 2.05) is 24.9 Å². The third kappa shape index (κ3) is 5.03. The monoisotopic (exact) mass is 427 g/mol. The van der Waals surface area contributed by atoms with Gasteiger partial charge < -0.3 is 9.84 Å². The standard InChI is InChI=1S/C21H25N5O3S/c1-15-12-20(29-25-15)18-13-22-21(23-16-8-9-16)24-19(18)14-26(2)10-11-30(27,28)17-6-4-3-5-7-17/h3-7,12-13,16H,8-11,14H2,1-2H3,(H,22,23,24). The zero-order valence-corrected chi connectivity index (χ0v) is 17.9. The number of rotatable bonds is 9. The lowest BCUT2D eigenvalue weighted by molar-refractivity contribution is 0.341. The van der Waals surface area contributed by atoms with Crippen molar-refractivity contribution in [1.29, 1.82) is 0 Å². The lowest BCUT2D eigenvalue weighted by atomic mass is 10.1. The van der Waals surface area contributed by atoms with E-state index < -0.39 is 9.84 Å². The van der Waals surface area contributed by atoms with Crippen LogP contribution < -0.4 is 5.32 Å². The molecule has 0 amide bonds. The maximum atomic E-state index is 12.6. The Morgan fingerprint density at radius 1 is 1.23 bits per heavy atom. The van der Waals surface area contributed by atoms with E-state index in [-0.39, 0.29) is 5.75 Å². The minimum atomic E-state index is -3.34. The van der Waals surface area contributed by atoms with E-state index in [9.17, 15) is 8.42 Å². The Kier molecular flexibility index (Phi) is 5.83. The van der Waals surface area contributed by atoms with E-state index in [0.29, 0.717) is 35.7 Å². The third-order valence-electron chi connectivity index (χ3n) is 4.94. The van der Waals surface area contributed by atoms with Crippen molar-refractivity contribution in [3.8, 4) is 11.3 Å². The molecule has 0 unspecified atom stereocenters. The molecule has 0 spiro atoms. The second-order valence-corrected chi connectivity index (χ2v) is 9.78. The summed E-state index contributed by atoms with van der Waals surface area (Å²) in [5.41, 5.74) is 2.30. The summed E-state index contributed by atoms with van der Waals surface area (Å²) in [7, 11) is -1.46. The van der Waals surface area contributed by atoms with Gasteiger partial charge in [0.1, 0.15) is 0 Å². The maximum absolute atomic E-state index is 12.6. The van der Waals surface area contributed by atoms with E-state index in [1.165, 1.54) is 0 Å². The fourth-order valence-corrected chi connectivity index (χ4v) is 4.43. The van der Waals surface area contributed by atoms with Crippen molar-refractivity contribution in [2.45, 2.75) is 37.2 Å². The normalized spacial score (nSPS) is 14.2. The van der Waals surface area contributed by atoms with Crippen LogP contribution in [0.2, 0.25) is 0 Å². The first kappa shape index (κ1) is 20.5. The molecule has 1 aromatic carbocycles. The first-order chi connectivity index (χ1) is 14.4. The number of nitrogens with one attached hydrogen (secondary N) is 1. The van der Waals surface area contributed by atoms with E-state index in [4.69, 9.17) is 4.52 Å². The summed E-state index contributed by atoms with van der Waals surface area (Å²) in [6.07, 6.45) is 3.99. The van der Waals surface area contributed by atoms with E-state index >= 15 is 0 Å². The summed E-state index contributed by atoms with van der Waals surface area (Å²) < 4.78 is 30.6. The number of benzene rings is 1.